The van der Waals surface area contributed by atoms with Gasteiger partial charge in [0.15, 0.2) is 0 Å². The van der Waals surface area contributed by atoms with E-state index < -0.39 is 6.10 Å². The smallest absolute Gasteiger partial charge is 0.115 e. The van der Waals surface area contributed by atoms with Crippen molar-refractivity contribution in [2.45, 2.75) is 13.0 Å². The second-order valence-corrected chi connectivity index (χ2v) is 3.70. The van der Waals surface area contributed by atoms with Crippen molar-refractivity contribution in [1.29, 1.82) is 0 Å². The van der Waals surface area contributed by atoms with Gasteiger partial charge in [0, 0.05) is 0 Å². The maximum atomic E-state index is 8.63. The van der Waals surface area contributed by atoms with Crippen LogP contribution >= 0.6 is 0 Å². The van der Waals surface area contributed by atoms with E-state index in [2.05, 4.69) is 0 Å². The van der Waals surface area contributed by atoms with E-state index in [1.54, 1.807) is 48.5 Å². The molecule has 0 heterocycles. The minimum Gasteiger partial charge on any atom is -0.508 e. The molecule has 0 radical (unpaired) electrons. The summed E-state index contributed by atoms with van der Waals surface area (Å²) in [6.07, 6.45) is -0.560. The summed E-state index contributed by atoms with van der Waals surface area (Å²) in [5.74, 6) is 0.644. The molecule has 0 aromatic heterocycles. The maximum absolute atomic E-state index is 8.63. The van der Waals surface area contributed by atoms with Gasteiger partial charge in [-0.15, -0.1) is 0 Å². The Balaban J connectivity index is 0.000000261. The van der Waals surface area contributed by atoms with Gasteiger partial charge in [0.1, 0.15) is 11.5 Å². The van der Waals surface area contributed by atoms with Crippen molar-refractivity contribution in [3.05, 3.63) is 60.7 Å². The average Bonchev–Trinajstić information content (AvgIpc) is 2.42. The number of phenolic OH excluding ortho intramolecular Hbond substituents is 2. The highest BCUT2D eigenvalue weighted by Gasteiger charge is 1.83. The van der Waals surface area contributed by atoms with Gasteiger partial charge in [0.25, 0.3) is 0 Å². The van der Waals surface area contributed by atoms with E-state index in [4.69, 9.17) is 20.4 Å². The Bertz CT molecular complexity index is 364. The summed E-state index contributed by atoms with van der Waals surface area (Å²) in [7, 11) is 0. The van der Waals surface area contributed by atoms with Crippen molar-refractivity contribution >= 4 is 0 Å². The largest absolute Gasteiger partial charge is 0.508 e. The van der Waals surface area contributed by atoms with Crippen molar-refractivity contribution in [1.82, 2.24) is 0 Å². The van der Waals surface area contributed by atoms with E-state index in [1.807, 2.05) is 12.1 Å². The minimum atomic E-state index is -0.560. The summed E-state index contributed by atoms with van der Waals surface area (Å²) in [6, 6.07) is 17.4. The monoisotopic (exact) mass is 264 g/mol. The molecule has 0 saturated heterocycles. The second kappa shape index (κ2) is 11.1. The van der Waals surface area contributed by atoms with Crippen molar-refractivity contribution in [3.63, 3.8) is 0 Å². The Morgan fingerprint density at radius 2 is 1.05 bits per heavy atom. The predicted octanol–water partition coefficient (Wildman–Crippen LogP) is 2.14. The zero-order valence-corrected chi connectivity index (χ0v) is 10.8. The lowest BCUT2D eigenvalue weighted by atomic mass is 10.3. The highest BCUT2D eigenvalue weighted by molar-refractivity contribution is 5.19. The van der Waals surface area contributed by atoms with Crippen LogP contribution in [0, 0.1) is 0 Å². The highest BCUT2D eigenvalue weighted by atomic mass is 16.3. The third-order valence-corrected chi connectivity index (χ3v) is 1.78. The Kier molecular flexibility index (Phi) is 9.88. The molecule has 1 atom stereocenters. The molecule has 0 bridgehead atoms. The van der Waals surface area contributed by atoms with Gasteiger partial charge in [-0.3, -0.25) is 0 Å². The van der Waals surface area contributed by atoms with Crippen molar-refractivity contribution in [2.24, 2.45) is 0 Å². The average molecular weight is 264 g/mol. The van der Waals surface area contributed by atoms with Crippen LogP contribution in [0.2, 0.25) is 0 Å². The van der Waals surface area contributed by atoms with Gasteiger partial charge in [-0.2, -0.15) is 0 Å². The lowest BCUT2D eigenvalue weighted by Crippen LogP contribution is -2.03. The van der Waals surface area contributed by atoms with Gasteiger partial charge in [-0.25, -0.2) is 0 Å². The fourth-order valence-corrected chi connectivity index (χ4v) is 0.856. The highest BCUT2D eigenvalue weighted by Crippen LogP contribution is 2.03. The van der Waals surface area contributed by atoms with Gasteiger partial charge in [-0.05, 0) is 31.2 Å². The first-order valence-electron chi connectivity index (χ1n) is 5.83. The van der Waals surface area contributed by atoms with Crippen LogP contribution in [0.4, 0.5) is 0 Å². The number of aromatic hydroxyl groups is 2. The third-order valence-electron chi connectivity index (χ3n) is 1.78. The van der Waals surface area contributed by atoms with Crippen LogP contribution in [0.15, 0.2) is 60.7 Å². The van der Waals surface area contributed by atoms with E-state index in [-0.39, 0.29) is 6.61 Å². The summed E-state index contributed by atoms with van der Waals surface area (Å²) < 4.78 is 0. The Labute approximate surface area is 113 Å². The molecule has 0 aliphatic carbocycles. The number of aliphatic hydroxyl groups is 2. The summed E-state index contributed by atoms with van der Waals surface area (Å²) >= 11 is 0. The fraction of sp³-hybridized carbons (Fsp3) is 0.200. The van der Waals surface area contributed by atoms with E-state index in [9.17, 15) is 0 Å². The molecule has 0 amide bonds. The van der Waals surface area contributed by atoms with Crippen molar-refractivity contribution < 1.29 is 20.4 Å². The normalized spacial score (nSPS) is 10.3. The van der Waals surface area contributed by atoms with Crippen LogP contribution in [0.5, 0.6) is 11.5 Å². The number of hydrogen-bond donors (Lipinski definition) is 4. The van der Waals surface area contributed by atoms with E-state index in [1.165, 1.54) is 6.92 Å². The zero-order chi connectivity index (χ0) is 14.5. The summed E-state index contributed by atoms with van der Waals surface area (Å²) in [5.41, 5.74) is 0. The molecule has 4 nitrogen and oxygen atoms in total. The molecule has 19 heavy (non-hydrogen) atoms. The molecule has 2 aromatic rings. The molecule has 2 aromatic carbocycles. The first-order chi connectivity index (χ1) is 9.06. The van der Waals surface area contributed by atoms with Crippen LogP contribution in [0.3, 0.4) is 0 Å². The van der Waals surface area contributed by atoms with E-state index in [0.29, 0.717) is 11.5 Å². The van der Waals surface area contributed by atoms with Gasteiger partial charge in [-0.1, -0.05) is 36.4 Å². The SMILES string of the molecule is CC(O)CO.Oc1ccccc1.Oc1ccccc1. The lowest BCUT2D eigenvalue weighted by Gasteiger charge is -1.90. The first kappa shape index (κ1) is 17.0. The number of benzene rings is 2. The van der Waals surface area contributed by atoms with Crippen LogP contribution in [0.1, 0.15) is 6.92 Å². The van der Waals surface area contributed by atoms with E-state index >= 15 is 0 Å². The Morgan fingerprint density at radius 3 is 1.16 bits per heavy atom. The fourth-order valence-electron chi connectivity index (χ4n) is 0.856. The molecule has 4 N–H and O–H groups in total. The molecular formula is C15H20O4. The quantitative estimate of drug-likeness (QED) is 0.636. The molecule has 4 heteroatoms. The number of phenols is 2. The summed E-state index contributed by atoms with van der Waals surface area (Å²) in [6.45, 7) is 1.39. The Morgan fingerprint density at radius 1 is 0.789 bits per heavy atom. The second-order valence-electron chi connectivity index (χ2n) is 3.70. The molecule has 1 unspecified atom stereocenters. The van der Waals surface area contributed by atoms with Gasteiger partial charge in [0.2, 0.25) is 0 Å². The maximum Gasteiger partial charge on any atom is 0.115 e. The number of hydrogen-bond acceptors (Lipinski definition) is 4. The lowest BCUT2D eigenvalue weighted by molar-refractivity contribution is 0.110. The summed E-state index contributed by atoms with van der Waals surface area (Å²) in [5, 5.41) is 33.3. The van der Waals surface area contributed by atoms with Crippen LogP contribution in [0.25, 0.3) is 0 Å². The minimum absolute atomic E-state index is 0.139. The predicted molar refractivity (Wildman–Crippen MR) is 75.0 cm³/mol. The first-order valence-corrected chi connectivity index (χ1v) is 5.83. The number of rotatable bonds is 1. The Hall–Kier alpha value is -2.04. The standard InChI is InChI=1S/2C6H6O.C3H8O2/c2*7-6-4-2-1-3-5-6;1-3(5)2-4/h2*1-5,7H;3-5H,2H2,1H3. The van der Waals surface area contributed by atoms with Crippen LogP contribution in [-0.4, -0.2) is 33.1 Å². The molecular weight excluding hydrogens is 244 g/mol. The zero-order valence-electron chi connectivity index (χ0n) is 10.8. The van der Waals surface area contributed by atoms with Gasteiger partial charge < -0.3 is 20.4 Å². The molecule has 0 aliphatic heterocycles. The van der Waals surface area contributed by atoms with E-state index in [0.717, 1.165) is 0 Å². The number of para-hydroxylation sites is 2. The molecule has 2 rings (SSSR count). The van der Waals surface area contributed by atoms with Gasteiger partial charge >= 0.3 is 0 Å². The molecule has 0 fully saturated rings. The third kappa shape index (κ3) is 12.2. The van der Waals surface area contributed by atoms with Crippen molar-refractivity contribution in [3.8, 4) is 11.5 Å². The molecule has 0 spiro atoms. The topological polar surface area (TPSA) is 80.9 Å². The summed E-state index contributed by atoms with van der Waals surface area (Å²) in [4.78, 5) is 0. The molecule has 0 aliphatic rings. The van der Waals surface area contributed by atoms with Crippen LogP contribution < -0.4 is 0 Å². The van der Waals surface area contributed by atoms with Crippen molar-refractivity contribution in [2.75, 3.05) is 6.61 Å². The van der Waals surface area contributed by atoms with Gasteiger partial charge in [0.05, 0.1) is 12.7 Å². The molecule has 0 saturated carbocycles. The van der Waals surface area contributed by atoms with Crippen LogP contribution in [-0.2, 0) is 0 Å². The molecule has 104 valence electrons. The number of aliphatic hydroxyl groups excluding tert-OH is 2.